The third kappa shape index (κ3) is 1.95. The number of nitrogens with two attached hydrogens (primary N) is 1. The van der Waals surface area contributed by atoms with E-state index in [0.29, 0.717) is 11.3 Å². The first kappa shape index (κ1) is 13.6. The lowest BCUT2D eigenvalue weighted by atomic mass is 10.1. The van der Waals surface area contributed by atoms with Gasteiger partial charge in [-0.2, -0.15) is 0 Å². The fraction of sp³-hybridized carbons (Fsp3) is 0.105. The Balaban J connectivity index is 1.99. The molecule has 114 valence electrons. The Hall–Kier alpha value is -3.01. The molecule has 0 aliphatic rings. The zero-order chi connectivity index (χ0) is 16.1. The monoisotopic (exact) mass is 303 g/mol. The largest absolute Gasteiger partial charge is 0.399 e. The average Bonchev–Trinajstić information content (AvgIpc) is 3.06. The SMILES string of the molecule is Cc1cc2cc(N)ccc2n1C(=O)c1cccc2ccn(C)c12. The number of nitrogen functional groups attached to an aromatic ring is 1. The molecule has 2 aromatic heterocycles. The van der Waals surface area contributed by atoms with Crippen LogP contribution < -0.4 is 5.73 Å². The zero-order valence-corrected chi connectivity index (χ0v) is 13.1. The van der Waals surface area contributed by atoms with Gasteiger partial charge in [0.05, 0.1) is 16.6 Å². The lowest BCUT2D eigenvalue weighted by Gasteiger charge is -2.10. The van der Waals surface area contributed by atoms with Crippen LogP contribution in [-0.2, 0) is 7.05 Å². The van der Waals surface area contributed by atoms with Gasteiger partial charge in [-0.15, -0.1) is 0 Å². The number of aryl methyl sites for hydroxylation is 2. The Morgan fingerprint density at radius 2 is 1.87 bits per heavy atom. The van der Waals surface area contributed by atoms with E-state index in [0.717, 1.165) is 27.5 Å². The minimum absolute atomic E-state index is 0.0188. The van der Waals surface area contributed by atoms with Crippen LogP contribution in [0.5, 0.6) is 0 Å². The van der Waals surface area contributed by atoms with Gasteiger partial charge in [0.1, 0.15) is 0 Å². The number of nitrogens with zero attached hydrogens (tertiary/aromatic N) is 2. The van der Waals surface area contributed by atoms with Crippen LogP contribution in [0.4, 0.5) is 5.69 Å². The van der Waals surface area contributed by atoms with Crippen LogP contribution in [0, 0.1) is 6.92 Å². The molecule has 0 bridgehead atoms. The van der Waals surface area contributed by atoms with Crippen molar-refractivity contribution in [2.24, 2.45) is 7.05 Å². The molecule has 4 nitrogen and oxygen atoms in total. The van der Waals surface area contributed by atoms with Gasteiger partial charge in [-0.3, -0.25) is 9.36 Å². The Labute approximate surface area is 133 Å². The molecule has 0 unspecified atom stereocenters. The molecular weight excluding hydrogens is 286 g/mol. The van der Waals surface area contributed by atoms with E-state index >= 15 is 0 Å². The number of rotatable bonds is 1. The number of hydrogen-bond donors (Lipinski definition) is 1. The molecule has 2 aromatic carbocycles. The van der Waals surface area contributed by atoms with Crippen LogP contribution in [0.3, 0.4) is 0 Å². The minimum atomic E-state index is -0.0188. The van der Waals surface area contributed by atoms with E-state index in [1.807, 2.05) is 73.3 Å². The molecule has 23 heavy (non-hydrogen) atoms. The first-order valence-electron chi connectivity index (χ1n) is 7.52. The lowest BCUT2D eigenvalue weighted by molar-refractivity contribution is 0.0964. The lowest BCUT2D eigenvalue weighted by Crippen LogP contribution is -2.14. The maximum absolute atomic E-state index is 13.2. The molecule has 2 N–H and O–H groups in total. The summed E-state index contributed by atoms with van der Waals surface area (Å²) in [6, 6.07) is 15.5. The van der Waals surface area contributed by atoms with E-state index in [1.165, 1.54) is 0 Å². The molecule has 4 aromatic rings. The van der Waals surface area contributed by atoms with E-state index in [-0.39, 0.29) is 5.91 Å². The fourth-order valence-electron chi connectivity index (χ4n) is 3.29. The van der Waals surface area contributed by atoms with Gasteiger partial charge in [-0.25, -0.2) is 0 Å². The number of para-hydroxylation sites is 1. The summed E-state index contributed by atoms with van der Waals surface area (Å²) in [6.07, 6.45) is 1.97. The van der Waals surface area contributed by atoms with Crippen LogP contribution in [0.15, 0.2) is 54.7 Å². The molecule has 0 fully saturated rings. The van der Waals surface area contributed by atoms with Gasteiger partial charge in [-0.1, -0.05) is 12.1 Å². The molecule has 0 saturated carbocycles. The standard InChI is InChI=1S/C19H17N3O/c1-12-10-14-11-15(20)6-7-17(14)22(12)19(23)16-5-3-4-13-8-9-21(2)18(13)16/h3-11H,20H2,1-2H3. The summed E-state index contributed by atoms with van der Waals surface area (Å²) in [5.74, 6) is -0.0188. The van der Waals surface area contributed by atoms with Crippen molar-refractivity contribution in [2.75, 3.05) is 5.73 Å². The summed E-state index contributed by atoms with van der Waals surface area (Å²) >= 11 is 0. The average molecular weight is 303 g/mol. The summed E-state index contributed by atoms with van der Waals surface area (Å²) in [7, 11) is 1.96. The van der Waals surface area contributed by atoms with Gasteiger partial charge in [0.15, 0.2) is 0 Å². The highest BCUT2D eigenvalue weighted by Gasteiger charge is 2.18. The molecule has 0 atom stereocenters. The maximum Gasteiger partial charge on any atom is 0.264 e. The molecule has 0 saturated heterocycles. The van der Waals surface area contributed by atoms with Crippen molar-refractivity contribution in [1.29, 1.82) is 0 Å². The first-order valence-corrected chi connectivity index (χ1v) is 7.52. The number of benzene rings is 2. The van der Waals surface area contributed by atoms with Crippen LogP contribution in [-0.4, -0.2) is 15.0 Å². The van der Waals surface area contributed by atoms with Crippen LogP contribution in [0.1, 0.15) is 16.1 Å². The van der Waals surface area contributed by atoms with E-state index in [1.54, 1.807) is 4.57 Å². The highest BCUT2D eigenvalue weighted by Crippen LogP contribution is 2.26. The second-order valence-corrected chi connectivity index (χ2v) is 5.91. The number of anilines is 1. The Bertz CT molecular complexity index is 1070. The van der Waals surface area contributed by atoms with Gasteiger partial charge < -0.3 is 10.3 Å². The van der Waals surface area contributed by atoms with Crippen LogP contribution in [0.25, 0.3) is 21.8 Å². The van der Waals surface area contributed by atoms with Crippen molar-refractivity contribution >= 4 is 33.4 Å². The normalized spacial score (nSPS) is 11.4. The second-order valence-electron chi connectivity index (χ2n) is 5.91. The third-order valence-electron chi connectivity index (χ3n) is 4.34. The number of fused-ring (bicyclic) bond motifs is 2. The molecule has 4 rings (SSSR count). The number of hydrogen-bond acceptors (Lipinski definition) is 2. The number of carbonyl (C=O) groups excluding carboxylic acids is 1. The van der Waals surface area contributed by atoms with Gasteiger partial charge in [-0.05, 0) is 43.3 Å². The van der Waals surface area contributed by atoms with Crippen molar-refractivity contribution in [3.63, 3.8) is 0 Å². The van der Waals surface area contributed by atoms with E-state index in [9.17, 15) is 4.79 Å². The zero-order valence-electron chi connectivity index (χ0n) is 13.1. The Morgan fingerprint density at radius 1 is 1.04 bits per heavy atom. The number of aromatic nitrogens is 2. The predicted molar refractivity (Wildman–Crippen MR) is 93.7 cm³/mol. The molecule has 0 amide bonds. The van der Waals surface area contributed by atoms with Gasteiger partial charge in [0.25, 0.3) is 5.91 Å². The Kier molecular flexibility index (Phi) is 2.81. The van der Waals surface area contributed by atoms with E-state index in [4.69, 9.17) is 5.73 Å². The highest BCUT2D eigenvalue weighted by atomic mass is 16.2. The summed E-state index contributed by atoms with van der Waals surface area (Å²) in [6.45, 7) is 1.94. The van der Waals surface area contributed by atoms with Gasteiger partial charge in [0.2, 0.25) is 0 Å². The quantitative estimate of drug-likeness (QED) is 0.545. The van der Waals surface area contributed by atoms with Crippen molar-refractivity contribution < 1.29 is 4.79 Å². The van der Waals surface area contributed by atoms with Gasteiger partial charge >= 0.3 is 0 Å². The summed E-state index contributed by atoms with van der Waals surface area (Å²) < 4.78 is 3.75. The minimum Gasteiger partial charge on any atom is -0.399 e. The summed E-state index contributed by atoms with van der Waals surface area (Å²) in [5, 5.41) is 2.05. The van der Waals surface area contributed by atoms with Gasteiger partial charge in [0, 0.05) is 35.4 Å². The molecular formula is C19H17N3O. The summed E-state index contributed by atoms with van der Waals surface area (Å²) in [4.78, 5) is 13.2. The van der Waals surface area contributed by atoms with Crippen molar-refractivity contribution in [3.05, 3.63) is 66.0 Å². The third-order valence-corrected chi connectivity index (χ3v) is 4.34. The van der Waals surface area contributed by atoms with Crippen LogP contribution >= 0.6 is 0 Å². The summed E-state index contributed by atoms with van der Waals surface area (Å²) in [5.41, 5.74) is 9.99. The fourth-order valence-corrected chi connectivity index (χ4v) is 3.29. The van der Waals surface area contributed by atoms with Crippen molar-refractivity contribution in [1.82, 2.24) is 9.13 Å². The second kappa shape index (κ2) is 4.74. The molecule has 0 aliphatic heterocycles. The number of carbonyl (C=O) groups is 1. The first-order chi connectivity index (χ1) is 11.1. The highest BCUT2D eigenvalue weighted by molar-refractivity contribution is 6.10. The Morgan fingerprint density at radius 3 is 2.70 bits per heavy atom. The maximum atomic E-state index is 13.2. The molecule has 0 spiro atoms. The van der Waals surface area contributed by atoms with Crippen molar-refractivity contribution in [3.8, 4) is 0 Å². The van der Waals surface area contributed by atoms with Crippen LogP contribution in [0.2, 0.25) is 0 Å². The molecule has 2 heterocycles. The van der Waals surface area contributed by atoms with E-state index < -0.39 is 0 Å². The van der Waals surface area contributed by atoms with E-state index in [2.05, 4.69) is 0 Å². The molecule has 0 radical (unpaired) electrons. The smallest absolute Gasteiger partial charge is 0.264 e. The molecule has 4 heteroatoms. The van der Waals surface area contributed by atoms with Crippen molar-refractivity contribution in [2.45, 2.75) is 6.92 Å². The topological polar surface area (TPSA) is 52.9 Å². The molecule has 0 aliphatic carbocycles. The predicted octanol–water partition coefficient (Wildman–Crippen LogP) is 3.71.